The van der Waals surface area contributed by atoms with Gasteiger partial charge in [0.05, 0.1) is 47.6 Å². The van der Waals surface area contributed by atoms with Gasteiger partial charge in [-0.3, -0.25) is 19.9 Å². The van der Waals surface area contributed by atoms with Gasteiger partial charge in [0, 0.05) is 32.6 Å². The van der Waals surface area contributed by atoms with E-state index in [4.69, 9.17) is 4.74 Å². The summed E-state index contributed by atoms with van der Waals surface area (Å²) in [7, 11) is 1.36. The minimum absolute atomic E-state index is 0.0119. The van der Waals surface area contributed by atoms with E-state index < -0.39 is 5.97 Å². The van der Waals surface area contributed by atoms with Gasteiger partial charge in [0.25, 0.3) is 17.5 Å². The molecule has 3 aromatic carbocycles. The third kappa shape index (κ3) is 2.89. The van der Waals surface area contributed by atoms with E-state index in [0.717, 1.165) is 50.0 Å². The van der Waals surface area contributed by atoms with Crippen LogP contribution in [0.3, 0.4) is 0 Å². The molecule has 39 heavy (non-hydrogen) atoms. The zero-order chi connectivity index (χ0) is 26.4. The maximum Gasteiger partial charge on any atom is 0.396 e. The van der Waals surface area contributed by atoms with Crippen LogP contribution in [0.15, 0.2) is 72.6 Å². The number of aromatic amines is 1. The molecule has 10 nitrogen and oxygen atoms in total. The largest absolute Gasteiger partial charge is 0.461 e. The molecular formula is C29H23N6O4+. The highest BCUT2D eigenvalue weighted by Gasteiger charge is 2.38. The summed E-state index contributed by atoms with van der Waals surface area (Å²) in [4.78, 5) is 42.0. The van der Waals surface area contributed by atoms with Crippen molar-refractivity contribution in [3.05, 3.63) is 83.7 Å². The number of hydrogen-bond acceptors (Lipinski definition) is 6. The number of imide groups is 1. The van der Waals surface area contributed by atoms with Crippen molar-refractivity contribution in [3.63, 3.8) is 0 Å². The van der Waals surface area contributed by atoms with Gasteiger partial charge < -0.3 is 14.3 Å². The van der Waals surface area contributed by atoms with Crippen molar-refractivity contribution in [2.24, 2.45) is 0 Å². The predicted molar refractivity (Wildman–Crippen MR) is 144 cm³/mol. The van der Waals surface area contributed by atoms with Crippen molar-refractivity contribution in [1.29, 1.82) is 0 Å². The van der Waals surface area contributed by atoms with Crippen LogP contribution in [0, 0.1) is 0 Å². The molecule has 3 aliphatic rings. The van der Waals surface area contributed by atoms with Crippen LogP contribution in [-0.2, 0) is 9.53 Å². The predicted octanol–water partition coefficient (Wildman–Crippen LogP) is 2.50. The molecule has 2 aliphatic heterocycles. The van der Waals surface area contributed by atoms with Gasteiger partial charge in [-0.05, 0) is 18.6 Å². The van der Waals surface area contributed by atoms with E-state index in [1.807, 2.05) is 47.5 Å². The van der Waals surface area contributed by atoms with Crippen LogP contribution >= 0.6 is 0 Å². The van der Waals surface area contributed by atoms with Gasteiger partial charge in [-0.2, -0.15) is 0 Å². The Hall–Kier alpha value is -4.93. The molecular weight excluding hydrogens is 496 g/mol. The number of rotatable bonds is 3. The van der Waals surface area contributed by atoms with Crippen LogP contribution in [0.5, 0.6) is 0 Å². The SMILES string of the molecule is COC(=O)C1=CN(C2C=CC(n3c4ccccc4c4c5c(c6c7ccccc7[nH]c6c43)C(=O)NC5=O)C2)N[NH2+]1. The molecule has 5 N–H and O–H groups in total. The standard InChI is InChI=1S/C29H22N6O4/c1-39-29(38)19-13-34(33-32-19)14-10-11-15(12-14)35-20-9-5-3-7-17(20)22-24-23(27(36)31-28(24)37)21-16-6-2-4-8-18(16)30-25(21)26(22)35/h2-11,13-15,30,32-33H,12H2,1H3,(H,31,36,37)/p+1. The molecule has 4 heterocycles. The highest BCUT2D eigenvalue weighted by molar-refractivity contribution is 6.39. The topological polar surface area (TPSA) is 125 Å². The second kappa shape index (κ2) is 7.79. The molecule has 0 radical (unpaired) electrons. The van der Waals surface area contributed by atoms with Gasteiger partial charge in [0.15, 0.2) is 0 Å². The quantitative estimate of drug-likeness (QED) is 0.126. The lowest BCUT2D eigenvalue weighted by Crippen LogP contribution is -2.91. The number of nitrogens with one attached hydrogen (secondary N) is 3. The number of amides is 2. The second-order valence-electron chi connectivity index (χ2n) is 10.1. The maximum absolute atomic E-state index is 13.3. The van der Waals surface area contributed by atoms with E-state index in [1.165, 1.54) is 7.11 Å². The van der Waals surface area contributed by atoms with Crippen LogP contribution in [0.2, 0.25) is 0 Å². The number of benzene rings is 3. The zero-order valence-electron chi connectivity index (χ0n) is 20.8. The number of aromatic nitrogens is 2. The van der Waals surface area contributed by atoms with Crippen LogP contribution in [0.1, 0.15) is 33.2 Å². The molecule has 0 fully saturated rings. The number of hydrogen-bond donors (Lipinski definition) is 4. The first-order valence-corrected chi connectivity index (χ1v) is 12.8. The van der Waals surface area contributed by atoms with Gasteiger partial charge in [-0.1, -0.05) is 54.1 Å². The molecule has 10 heteroatoms. The maximum atomic E-state index is 13.3. The number of esters is 1. The lowest BCUT2D eigenvalue weighted by atomic mass is 9.96. The summed E-state index contributed by atoms with van der Waals surface area (Å²) in [6.45, 7) is 0. The number of nitrogens with zero attached hydrogens (tertiary/aromatic N) is 2. The molecule has 1 aliphatic carbocycles. The summed E-state index contributed by atoms with van der Waals surface area (Å²) in [5.74, 6) is -1.13. The first-order chi connectivity index (χ1) is 19.0. The fourth-order valence-corrected chi connectivity index (χ4v) is 6.47. The Morgan fingerprint density at radius 2 is 1.67 bits per heavy atom. The normalized spacial score (nSPS) is 20.5. The molecule has 0 bridgehead atoms. The summed E-state index contributed by atoms with van der Waals surface area (Å²) < 4.78 is 7.13. The van der Waals surface area contributed by atoms with Crippen molar-refractivity contribution in [3.8, 4) is 0 Å². The number of allylic oxidation sites excluding steroid dienone is 1. The zero-order valence-corrected chi connectivity index (χ0v) is 20.8. The third-order valence-corrected chi connectivity index (χ3v) is 8.08. The minimum Gasteiger partial charge on any atom is -0.461 e. The number of methoxy groups -OCH3 is 1. The van der Waals surface area contributed by atoms with E-state index in [9.17, 15) is 14.4 Å². The molecule has 0 saturated heterocycles. The first-order valence-electron chi connectivity index (χ1n) is 12.8. The van der Waals surface area contributed by atoms with Crippen molar-refractivity contribution in [2.75, 3.05) is 7.11 Å². The summed E-state index contributed by atoms with van der Waals surface area (Å²) in [6.07, 6.45) is 6.77. The molecule has 0 spiro atoms. The van der Waals surface area contributed by atoms with Crippen LogP contribution in [-0.4, -0.2) is 45.5 Å². The van der Waals surface area contributed by atoms with Gasteiger partial charge in [-0.15, -0.1) is 0 Å². The van der Waals surface area contributed by atoms with E-state index in [2.05, 4.69) is 38.6 Å². The highest BCUT2D eigenvalue weighted by Crippen LogP contribution is 2.45. The summed E-state index contributed by atoms with van der Waals surface area (Å²) in [5.41, 5.74) is 9.73. The molecule has 192 valence electrons. The number of nitrogens with two attached hydrogens (primary N) is 1. The minimum atomic E-state index is -0.395. The van der Waals surface area contributed by atoms with Gasteiger partial charge in [-0.25, -0.2) is 10.2 Å². The third-order valence-electron chi connectivity index (χ3n) is 8.08. The Morgan fingerprint density at radius 1 is 0.949 bits per heavy atom. The van der Waals surface area contributed by atoms with Gasteiger partial charge >= 0.3 is 5.97 Å². The molecule has 2 unspecified atom stereocenters. The van der Waals surface area contributed by atoms with E-state index in [1.54, 1.807) is 11.6 Å². The second-order valence-corrected chi connectivity index (χ2v) is 10.1. The van der Waals surface area contributed by atoms with Crippen molar-refractivity contribution >= 4 is 61.4 Å². The fourth-order valence-electron chi connectivity index (χ4n) is 6.47. The number of H-pyrrole nitrogens is 1. The average Bonchev–Trinajstić information content (AvgIpc) is 3.76. The fraction of sp³-hybridized carbons (Fsp3) is 0.138. The number of quaternary nitrogens is 1. The Morgan fingerprint density at radius 3 is 2.49 bits per heavy atom. The van der Waals surface area contributed by atoms with Crippen molar-refractivity contribution in [1.82, 2.24) is 25.4 Å². The molecule has 2 atom stereocenters. The van der Waals surface area contributed by atoms with E-state index in [-0.39, 0.29) is 23.9 Å². The molecule has 2 amide bonds. The van der Waals surface area contributed by atoms with Crippen LogP contribution in [0.4, 0.5) is 0 Å². The number of para-hydroxylation sites is 2. The first kappa shape index (κ1) is 22.1. The number of hydrazine groups is 1. The number of carbonyl (C=O) groups excluding carboxylic acids is 3. The summed E-state index contributed by atoms with van der Waals surface area (Å²) >= 11 is 0. The Bertz CT molecular complexity index is 2000. The van der Waals surface area contributed by atoms with Gasteiger partial charge in [0.1, 0.15) is 0 Å². The van der Waals surface area contributed by atoms with Crippen LogP contribution in [0.25, 0.3) is 43.6 Å². The Kier molecular flexibility index (Phi) is 4.41. The van der Waals surface area contributed by atoms with E-state index >= 15 is 0 Å². The summed E-state index contributed by atoms with van der Waals surface area (Å²) in [6, 6.07) is 15.8. The lowest BCUT2D eigenvalue weighted by Gasteiger charge is -2.22. The molecule has 5 aromatic rings. The molecule has 8 rings (SSSR count). The van der Waals surface area contributed by atoms with Crippen molar-refractivity contribution in [2.45, 2.75) is 18.5 Å². The monoisotopic (exact) mass is 519 g/mol. The van der Waals surface area contributed by atoms with Crippen molar-refractivity contribution < 1.29 is 24.5 Å². The smallest absolute Gasteiger partial charge is 0.396 e. The van der Waals surface area contributed by atoms with E-state index in [0.29, 0.717) is 16.8 Å². The summed E-state index contributed by atoms with van der Waals surface area (Å²) in [5, 5.41) is 7.82. The van der Waals surface area contributed by atoms with Gasteiger partial charge in [0.2, 0.25) is 0 Å². The van der Waals surface area contributed by atoms with Crippen LogP contribution < -0.4 is 16.3 Å². The Balaban J connectivity index is 1.39. The molecule has 0 saturated carbocycles. The molecule has 2 aromatic heterocycles. The average molecular weight is 520 g/mol. The number of fused-ring (bicyclic) bond motifs is 10. The number of ether oxygens (including phenoxy) is 1. The Labute approximate surface area is 220 Å². The lowest BCUT2D eigenvalue weighted by molar-refractivity contribution is -0.673. The highest BCUT2D eigenvalue weighted by atomic mass is 16.5. The number of carbonyl (C=O) groups is 3.